The molecule has 0 spiro atoms. The molecule has 1 aromatic carbocycles. The normalized spacial score (nSPS) is 22.1. The van der Waals surface area contributed by atoms with Crippen LogP contribution in [-0.4, -0.2) is 28.0 Å². The lowest BCUT2D eigenvalue weighted by Gasteiger charge is -2.22. The Kier molecular flexibility index (Phi) is 3.92. The smallest absolute Gasteiger partial charge is 0.262 e. The molecule has 2 aliphatic rings. The highest BCUT2D eigenvalue weighted by Crippen LogP contribution is 2.37. The Morgan fingerprint density at radius 2 is 2.09 bits per heavy atom. The number of para-hydroxylation sites is 1. The lowest BCUT2D eigenvalue weighted by atomic mass is 10.1. The number of hydrogen-bond donors (Lipinski definition) is 0. The summed E-state index contributed by atoms with van der Waals surface area (Å²) in [6.07, 6.45) is 6.01. The molecule has 0 amide bonds. The standard InChI is InChI=1S/C17H20N2O2S/c20-16-14-6-1-2-7-15(14)18-17(19(16)12-8-9-12)22-11-13-5-3-4-10-21-13/h1-2,6-7,12-13H,3-5,8-11H2/t13-/m0/s1. The van der Waals surface area contributed by atoms with E-state index in [0.29, 0.717) is 12.1 Å². The molecule has 1 aliphatic heterocycles. The summed E-state index contributed by atoms with van der Waals surface area (Å²) < 4.78 is 7.71. The van der Waals surface area contributed by atoms with E-state index >= 15 is 0 Å². The second-order valence-corrected chi connectivity index (χ2v) is 7.10. The van der Waals surface area contributed by atoms with E-state index in [2.05, 4.69) is 0 Å². The lowest BCUT2D eigenvalue weighted by Crippen LogP contribution is -2.25. The summed E-state index contributed by atoms with van der Waals surface area (Å²) in [6, 6.07) is 8.00. The molecule has 2 fully saturated rings. The molecule has 0 N–H and O–H groups in total. The quantitative estimate of drug-likeness (QED) is 0.640. The number of rotatable bonds is 4. The van der Waals surface area contributed by atoms with Crippen LogP contribution in [0.4, 0.5) is 0 Å². The molecule has 1 saturated heterocycles. The van der Waals surface area contributed by atoms with Gasteiger partial charge in [-0.2, -0.15) is 0 Å². The van der Waals surface area contributed by atoms with Crippen LogP contribution >= 0.6 is 11.8 Å². The molecule has 1 aliphatic carbocycles. The number of ether oxygens (including phenoxy) is 1. The van der Waals surface area contributed by atoms with Crippen molar-refractivity contribution in [2.24, 2.45) is 0 Å². The summed E-state index contributed by atoms with van der Waals surface area (Å²) in [6.45, 7) is 0.867. The number of thioether (sulfide) groups is 1. The van der Waals surface area contributed by atoms with E-state index < -0.39 is 0 Å². The van der Waals surface area contributed by atoms with Crippen molar-refractivity contribution < 1.29 is 4.74 Å². The van der Waals surface area contributed by atoms with E-state index in [-0.39, 0.29) is 5.56 Å². The molecular weight excluding hydrogens is 296 g/mol. The van der Waals surface area contributed by atoms with Crippen LogP contribution < -0.4 is 5.56 Å². The van der Waals surface area contributed by atoms with Crippen molar-refractivity contribution in [3.05, 3.63) is 34.6 Å². The average molecular weight is 316 g/mol. The van der Waals surface area contributed by atoms with Crippen LogP contribution in [0.1, 0.15) is 38.1 Å². The van der Waals surface area contributed by atoms with Gasteiger partial charge in [0, 0.05) is 18.4 Å². The van der Waals surface area contributed by atoms with Gasteiger partial charge >= 0.3 is 0 Å². The van der Waals surface area contributed by atoms with Gasteiger partial charge in [0.05, 0.1) is 17.0 Å². The third kappa shape index (κ3) is 2.79. The van der Waals surface area contributed by atoms with E-state index in [1.165, 1.54) is 12.8 Å². The fourth-order valence-corrected chi connectivity index (χ4v) is 4.12. The van der Waals surface area contributed by atoms with Crippen LogP contribution in [0, 0.1) is 0 Å². The fraction of sp³-hybridized carbons (Fsp3) is 0.529. The first-order valence-corrected chi connectivity index (χ1v) is 9.07. The zero-order valence-electron chi connectivity index (χ0n) is 12.5. The van der Waals surface area contributed by atoms with E-state index in [9.17, 15) is 4.79 Å². The van der Waals surface area contributed by atoms with Gasteiger partial charge in [0.15, 0.2) is 5.16 Å². The van der Waals surface area contributed by atoms with E-state index in [1.54, 1.807) is 11.8 Å². The number of benzene rings is 1. The van der Waals surface area contributed by atoms with Crippen LogP contribution in [0.2, 0.25) is 0 Å². The van der Waals surface area contributed by atoms with Crippen LogP contribution in [0.3, 0.4) is 0 Å². The molecule has 1 saturated carbocycles. The summed E-state index contributed by atoms with van der Waals surface area (Å²) >= 11 is 1.68. The van der Waals surface area contributed by atoms with Crippen molar-refractivity contribution in [1.29, 1.82) is 0 Å². The van der Waals surface area contributed by atoms with Gasteiger partial charge in [0.1, 0.15) is 0 Å². The molecule has 1 aromatic heterocycles. The molecule has 0 unspecified atom stereocenters. The Morgan fingerprint density at radius 1 is 1.23 bits per heavy atom. The Bertz CT molecular complexity index is 733. The summed E-state index contributed by atoms with van der Waals surface area (Å²) in [5, 5.41) is 1.59. The second kappa shape index (κ2) is 6.05. The van der Waals surface area contributed by atoms with Crippen molar-refractivity contribution in [1.82, 2.24) is 9.55 Å². The van der Waals surface area contributed by atoms with Crippen LogP contribution in [-0.2, 0) is 4.74 Å². The first-order valence-electron chi connectivity index (χ1n) is 8.08. The molecular formula is C17H20N2O2S. The molecule has 4 rings (SSSR count). The molecule has 0 radical (unpaired) electrons. The van der Waals surface area contributed by atoms with Gasteiger partial charge < -0.3 is 4.74 Å². The highest BCUT2D eigenvalue weighted by atomic mass is 32.2. The fourth-order valence-electron chi connectivity index (χ4n) is 2.99. The van der Waals surface area contributed by atoms with Gasteiger partial charge in [-0.3, -0.25) is 9.36 Å². The maximum absolute atomic E-state index is 12.8. The van der Waals surface area contributed by atoms with Gasteiger partial charge in [-0.15, -0.1) is 0 Å². The highest BCUT2D eigenvalue weighted by Gasteiger charge is 2.29. The van der Waals surface area contributed by atoms with Gasteiger partial charge in [-0.05, 0) is 44.2 Å². The molecule has 116 valence electrons. The first-order chi connectivity index (χ1) is 10.8. The molecule has 0 bridgehead atoms. The minimum absolute atomic E-state index is 0.111. The van der Waals surface area contributed by atoms with Crippen molar-refractivity contribution >= 4 is 22.7 Å². The number of fused-ring (bicyclic) bond motifs is 1. The molecule has 2 aromatic rings. The Balaban J connectivity index is 1.66. The maximum atomic E-state index is 12.8. The van der Waals surface area contributed by atoms with Crippen molar-refractivity contribution in [3.63, 3.8) is 0 Å². The summed E-state index contributed by atoms with van der Waals surface area (Å²) in [5.41, 5.74) is 0.914. The van der Waals surface area contributed by atoms with Crippen LogP contribution in [0.5, 0.6) is 0 Å². The van der Waals surface area contributed by atoms with Crippen LogP contribution in [0.25, 0.3) is 10.9 Å². The third-order valence-corrected chi connectivity index (χ3v) is 5.44. The molecule has 4 nitrogen and oxygen atoms in total. The monoisotopic (exact) mass is 316 g/mol. The number of hydrogen-bond acceptors (Lipinski definition) is 4. The Labute approximate surface area is 133 Å². The van der Waals surface area contributed by atoms with E-state index in [0.717, 1.165) is 47.7 Å². The zero-order chi connectivity index (χ0) is 14.9. The molecule has 2 heterocycles. The molecule has 22 heavy (non-hydrogen) atoms. The molecule has 1 atom stereocenters. The van der Waals surface area contributed by atoms with Gasteiger partial charge in [0.25, 0.3) is 5.56 Å². The van der Waals surface area contributed by atoms with Crippen LogP contribution in [0.15, 0.2) is 34.2 Å². The largest absolute Gasteiger partial charge is 0.377 e. The maximum Gasteiger partial charge on any atom is 0.262 e. The van der Waals surface area contributed by atoms with E-state index in [1.807, 2.05) is 28.8 Å². The average Bonchev–Trinajstić information content (AvgIpc) is 3.39. The summed E-state index contributed by atoms with van der Waals surface area (Å²) in [4.78, 5) is 17.5. The highest BCUT2D eigenvalue weighted by molar-refractivity contribution is 7.99. The van der Waals surface area contributed by atoms with Gasteiger partial charge in [-0.1, -0.05) is 23.9 Å². The third-order valence-electron chi connectivity index (χ3n) is 4.36. The van der Waals surface area contributed by atoms with Crippen molar-refractivity contribution in [3.8, 4) is 0 Å². The minimum atomic E-state index is 0.111. The Morgan fingerprint density at radius 3 is 2.86 bits per heavy atom. The van der Waals surface area contributed by atoms with Gasteiger partial charge in [0.2, 0.25) is 0 Å². The minimum Gasteiger partial charge on any atom is -0.377 e. The second-order valence-electron chi connectivity index (χ2n) is 6.12. The zero-order valence-corrected chi connectivity index (χ0v) is 13.3. The number of nitrogens with zero attached hydrogens (tertiary/aromatic N) is 2. The predicted molar refractivity (Wildman–Crippen MR) is 88.6 cm³/mol. The SMILES string of the molecule is O=c1c2ccccc2nc(SC[C@@H]2CCCCO2)n1C1CC1. The Hall–Kier alpha value is -1.33. The van der Waals surface area contributed by atoms with E-state index in [4.69, 9.17) is 9.72 Å². The first kappa shape index (κ1) is 14.3. The van der Waals surface area contributed by atoms with Crippen molar-refractivity contribution in [2.45, 2.75) is 49.4 Å². The van der Waals surface area contributed by atoms with Gasteiger partial charge in [-0.25, -0.2) is 4.98 Å². The summed E-state index contributed by atoms with van der Waals surface area (Å²) in [5.74, 6) is 0.886. The number of aromatic nitrogens is 2. The van der Waals surface area contributed by atoms with Crippen molar-refractivity contribution in [2.75, 3.05) is 12.4 Å². The lowest BCUT2D eigenvalue weighted by molar-refractivity contribution is 0.0315. The summed E-state index contributed by atoms with van der Waals surface area (Å²) in [7, 11) is 0. The predicted octanol–water partition coefficient (Wildman–Crippen LogP) is 3.39. The topological polar surface area (TPSA) is 44.1 Å². The molecule has 5 heteroatoms.